The molecule has 0 unspecified atom stereocenters. The predicted octanol–water partition coefficient (Wildman–Crippen LogP) is 3.15. The van der Waals surface area contributed by atoms with Crippen molar-refractivity contribution < 1.29 is 0 Å². The Morgan fingerprint density at radius 2 is 1.76 bits per heavy atom. The van der Waals surface area contributed by atoms with E-state index in [9.17, 15) is 0 Å². The van der Waals surface area contributed by atoms with Crippen LogP contribution in [0.5, 0.6) is 0 Å². The minimum Gasteiger partial charge on any atom is -0.371 e. The average molecular weight is 223 g/mol. The van der Waals surface area contributed by atoms with Crippen LogP contribution in [0.25, 0.3) is 11.1 Å². The summed E-state index contributed by atoms with van der Waals surface area (Å²) in [5, 5.41) is 0. The van der Waals surface area contributed by atoms with E-state index < -0.39 is 0 Å². The topological polar surface area (TPSA) is 16.1 Å². The molecule has 1 radical (unpaired) electrons. The van der Waals surface area contributed by atoms with Crippen molar-refractivity contribution in [3.8, 4) is 11.1 Å². The van der Waals surface area contributed by atoms with Crippen LogP contribution in [-0.4, -0.2) is 18.1 Å². The summed E-state index contributed by atoms with van der Waals surface area (Å²) in [5.41, 5.74) is 3.58. The number of hydrogen-bond donors (Lipinski definition) is 0. The third-order valence-corrected chi connectivity index (χ3v) is 3.25. The lowest BCUT2D eigenvalue weighted by Gasteiger charge is -2.20. The van der Waals surface area contributed by atoms with E-state index in [0.717, 1.165) is 18.7 Å². The van der Waals surface area contributed by atoms with Crippen LogP contribution in [-0.2, 0) is 0 Å². The van der Waals surface area contributed by atoms with Gasteiger partial charge in [-0.25, -0.2) is 0 Å². The van der Waals surface area contributed by atoms with Gasteiger partial charge in [-0.05, 0) is 24.5 Å². The molecule has 1 aromatic heterocycles. The van der Waals surface area contributed by atoms with E-state index in [1.807, 2.05) is 12.3 Å². The lowest BCUT2D eigenvalue weighted by atomic mass is 10.1. The number of aromatic nitrogens is 1. The third-order valence-electron chi connectivity index (χ3n) is 3.25. The Labute approximate surface area is 102 Å². The fourth-order valence-electron chi connectivity index (χ4n) is 2.39. The fraction of sp³-hybridized carbons (Fsp3) is 0.267. The first-order valence-electron chi connectivity index (χ1n) is 6.12. The highest BCUT2D eigenvalue weighted by Crippen LogP contribution is 2.31. The van der Waals surface area contributed by atoms with Gasteiger partial charge in [-0.3, -0.25) is 4.98 Å². The van der Waals surface area contributed by atoms with Crippen molar-refractivity contribution in [2.45, 2.75) is 12.8 Å². The zero-order valence-electron chi connectivity index (χ0n) is 9.76. The molecule has 1 aromatic carbocycles. The largest absolute Gasteiger partial charge is 0.371 e. The Kier molecular flexibility index (Phi) is 2.78. The van der Waals surface area contributed by atoms with Gasteiger partial charge in [-0.1, -0.05) is 30.3 Å². The van der Waals surface area contributed by atoms with Gasteiger partial charge in [0.2, 0.25) is 0 Å². The average Bonchev–Trinajstić information content (AvgIpc) is 2.94. The first-order chi connectivity index (χ1) is 8.45. The van der Waals surface area contributed by atoms with Crippen LogP contribution < -0.4 is 4.90 Å². The highest BCUT2D eigenvalue weighted by atomic mass is 15.1. The normalized spacial score (nSPS) is 15.2. The second-order valence-electron chi connectivity index (χ2n) is 4.38. The zero-order chi connectivity index (χ0) is 11.5. The van der Waals surface area contributed by atoms with Crippen LogP contribution in [0.15, 0.2) is 42.6 Å². The summed E-state index contributed by atoms with van der Waals surface area (Å²) in [5.74, 6) is 0. The standard InChI is InChI=1S/C15H15N2/c1-2-6-13(7-3-1)14-12-16-9-8-15(14)17-10-4-5-11-17/h1-3,6-9H,4-5,10-11H2. The van der Waals surface area contributed by atoms with Gasteiger partial charge in [-0.15, -0.1) is 0 Å². The van der Waals surface area contributed by atoms with Crippen LogP contribution in [0, 0.1) is 6.20 Å². The molecule has 1 saturated heterocycles. The number of benzene rings is 1. The third kappa shape index (κ3) is 2.03. The SMILES string of the molecule is [c]1nccc(N2CCCC2)c1-c1ccccc1. The lowest BCUT2D eigenvalue weighted by molar-refractivity contribution is 0.949. The number of rotatable bonds is 2. The Morgan fingerprint density at radius 1 is 1.00 bits per heavy atom. The summed E-state index contributed by atoms with van der Waals surface area (Å²) < 4.78 is 0. The summed E-state index contributed by atoms with van der Waals surface area (Å²) in [6.45, 7) is 2.30. The van der Waals surface area contributed by atoms with Crippen molar-refractivity contribution in [1.29, 1.82) is 0 Å². The fourth-order valence-corrected chi connectivity index (χ4v) is 2.39. The van der Waals surface area contributed by atoms with Crippen molar-refractivity contribution in [3.05, 3.63) is 48.8 Å². The lowest BCUT2D eigenvalue weighted by Crippen LogP contribution is -2.18. The van der Waals surface area contributed by atoms with Crippen molar-refractivity contribution >= 4 is 5.69 Å². The molecule has 0 aliphatic carbocycles. The summed E-state index contributed by atoms with van der Waals surface area (Å²) in [7, 11) is 0. The van der Waals surface area contributed by atoms with Gasteiger partial charge in [0.25, 0.3) is 0 Å². The molecular formula is C15H15N2. The maximum Gasteiger partial charge on any atom is 0.0992 e. The van der Waals surface area contributed by atoms with E-state index in [-0.39, 0.29) is 0 Å². The van der Waals surface area contributed by atoms with Gasteiger partial charge in [0.1, 0.15) is 0 Å². The van der Waals surface area contributed by atoms with Crippen molar-refractivity contribution in [1.82, 2.24) is 4.98 Å². The molecule has 0 bridgehead atoms. The summed E-state index contributed by atoms with van der Waals surface area (Å²) in [4.78, 5) is 6.57. The van der Waals surface area contributed by atoms with Crippen molar-refractivity contribution in [2.24, 2.45) is 0 Å². The molecule has 2 heterocycles. The molecular weight excluding hydrogens is 208 g/mol. The Bertz CT molecular complexity index is 487. The van der Waals surface area contributed by atoms with E-state index in [4.69, 9.17) is 0 Å². The molecule has 2 heteroatoms. The molecule has 0 spiro atoms. The van der Waals surface area contributed by atoms with Gasteiger partial charge < -0.3 is 4.90 Å². The van der Waals surface area contributed by atoms with E-state index >= 15 is 0 Å². The number of nitrogens with zero attached hydrogens (tertiary/aromatic N) is 2. The molecule has 85 valence electrons. The Balaban J connectivity index is 2.04. The molecule has 3 rings (SSSR count). The molecule has 1 aliphatic heterocycles. The van der Waals surface area contributed by atoms with E-state index in [1.165, 1.54) is 24.1 Å². The number of pyridine rings is 1. The van der Waals surface area contributed by atoms with Crippen molar-refractivity contribution in [3.63, 3.8) is 0 Å². The monoisotopic (exact) mass is 223 g/mol. The van der Waals surface area contributed by atoms with Gasteiger partial charge in [0.05, 0.1) is 6.20 Å². The molecule has 2 nitrogen and oxygen atoms in total. The van der Waals surface area contributed by atoms with Crippen LogP contribution in [0.2, 0.25) is 0 Å². The van der Waals surface area contributed by atoms with Gasteiger partial charge in [0, 0.05) is 30.5 Å². The summed E-state index contributed by atoms with van der Waals surface area (Å²) in [6.07, 6.45) is 7.55. The molecule has 0 N–H and O–H groups in total. The predicted molar refractivity (Wildman–Crippen MR) is 70.0 cm³/mol. The van der Waals surface area contributed by atoms with Gasteiger partial charge >= 0.3 is 0 Å². The first-order valence-corrected chi connectivity index (χ1v) is 6.12. The summed E-state index contributed by atoms with van der Waals surface area (Å²) in [6, 6.07) is 12.5. The number of anilines is 1. The Morgan fingerprint density at radius 3 is 2.53 bits per heavy atom. The Hall–Kier alpha value is -1.83. The summed E-state index contributed by atoms with van der Waals surface area (Å²) >= 11 is 0. The van der Waals surface area contributed by atoms with Crippen LogP contribution in [0.1, 0.15) is 12.8 Å². The number of hydrogen-bond acceptors (Lipinski definition) is 2. The first kappa shape index (κ1) is 10.3. The molecule has 1 fully saturated rings. The van der Waals surface area contributed by atoms with Gasteiger partial charge in [0.15, 0.2) is 0 Å². The highest BCUT2D eigenvalue weighted by Gasteiger charge is 2.16. The maximum atomic E-state index is 4.14. The van der Waals surface area contributed by atoms with Crippen LogP contribution in [0.3, 0.4) is 0 Å². The zero-order valence-corrected chi connectivity index (χ0v) is 9.76. The minimum absolute atomic E-state index is 1.12. The second kappa shape index (κ2) is 4.58. The minimum atomic E-state index is 1.12. The molecule has 2 aromatic rings. The smallest absolute Gasteiger partial charge is 0.0992 e. The molecule has 0 saturated carbocycles. The second-order valence-corrected chi connectivity index (χ2v) is 4.38. The van der Waals surface area contributed by atoms with Crippen molar-refractivity contribution in [2.75, 3.05) is 18.0 Å². The van der Waals surface area contributed by atoms with E-state index in [1.54, 1.807) is 0 Å². The maximum absolute atomic E-state index is 4.14. The molecule has 0 amide bonds. The van der Waals surface area contributed by atoms with E-state index in [2.05, 4.69) is 46.4 Å². The van der Waals surface area contributed by atoms with Crippen LogP contribution >= 0.6 is 0 Å². The van der Waals surface area contributed by atoms with E-state index in [0.29, 0.717) is 0 Å². The highest BCUT2D eigenvalue weighted by molar-refractivity contribution is 5.77. The quantitative estimate of drug-likeness (QED) is 0.777. The molecule has 17 heavy (non-hydrogen) atoms. The van der Waals surface area contributed by atoms with Crippen LogP contribution in [0.4, 0.5) is 5.69 Å². The molecule has 1 aliphatic rings. The molecule has 0 atom stereocenters. The van der Waals surface area contributed by atoms with Gasteiger partial charge in [-0.2, -0.15) is 0 Å².